The second kappa shape index (κ2) is 4.57. The molecule has 2 rings (SSSR count). The molecule has 3 nitrogen and oxygen atoms in total. The Labute approximate surface area is 101 Å². The van der Waals surface area contributed by atoms with E-state index in [-0.39, 0.29) is 5.82 Å². The molecule has 0 saturated heterocycles. The molecule has 16 heavy (non-hydrogen) atoms. The molecule has 1 aromatic carbocycles. The number of nitrogens with one attached hydrogen (secondary N) is 1. The van der Waals surface area contributed by atoms with E-state index in [9.17, 15) is 4.39 Å². The highest BCUT2D eigenvalue weighted by molar-refractivity contribution is 9.10. The highest BCUT2D eigenvalue weighted by Gasteiger charge is 2.07. The van der Waals surface area contributed by atoms with E-state index in [1.54, 1.807) is 31.4 Å². The Hall–Kier alpha value is -1.49. The summed E-state index contributed by atoms with van der Waals surface area (Å²) in [5, 5.41) is 2.81. The van der Waals surface area contributed by atoms with Crippen LogP contribution in [-0.4, -0.2) is 17.0 Å². The number of anilines is 1. The van der Waals surface area contributed by atoms with Crippen molar-refractivity contribution in [2.45, 2.75) is 0 Å². The lowest BCUT2D eigenvalue weighted by Crippen LogP contribution is -1.97. The van der Waals surface area contributed by atoms with Gasteiger partial charge in [-0.1, -0.05) is 15.9 Å². The predicted octanol–water partition coefficient (Wildman–Crippen LogP) is 3.09. The highest BCUT2D eigenvalue weighted by atomic mass is 79.9. The van der Waals surface area contributed by atoms with Crippen LogP contribution in [0.3, 0.4) is 0 Å². The Kier molecular flexibility index (Phi) is 3.14. The lowest BCUT2D eigenvalue weighted by atomic mass is 10.1. The molecule has 0 unspecified atom stereocenters. The second-order valence-corrected chi connectivity index (χ2v) is 4.06. The molecule has 0 fully saturated rings. The Morgan fingerprint density at radius 1 is 1.31 bits per heavy atom. The Morgan fingerprint density at radius 2 is 2.12 bits per heavy atom. The van der Waals surface area contributed by atoms with Gasteiger partial charge in [0.05, 0.1) is 5.69 Å². The number of halogens is 2. The first-order valence-electron chi connectivity index (χ1n) is 4.67. The molecule has 0 saturated carbocycles. The molecule has 82 valence electrons. The van der Waals surface area contributed by atoms with Crippen molar-refractivity contribution in [2.75, 3.05) is 12.4 Å². The normalized spacial score (nSPS) is 10.2. The number of aromatic nitrogens is 2. The lowest BCUT2D eigenvalue weighted by Gasteiger charge is -2.04. The monoisotopic (exact) mass is 281 g/mol. The van der Waals surface area contributed by atoms with Gasteiger partial charge in [-0.2, -0.15) is 0 Å². The molecule has 0 bridgehead atoms. The van der Waals surface area contributed by atoms with Gasteiger partial charge in [-0.25, -0.2) is 14.4 Å². The maximum absolute atomic E-state index is 13.7. The largest absolute Gasteiger partial charge is 0.357 e. The summed E-state index contributed by atoms with van der Waals surface area (Å²) >= 11 is 3.21. The van der Waals surface area contributed by atoms with Gasteiger partial charge in [-0.05, 0) is 24.3 Å². The van der Waals surface area contributed by atoms with Crippen LogP contribution in [0.5, 0.6) is 0 Å². The van der Waals surface area contributed by atoms with E-state index in [0.717, 1.165) is 0 Å². The first-order valence-corrected chi connectivity index (χ1v) is 5.46. The molecule has 0 aliphatic carbocycles. The summed E-state index contributed by atoms with van der Waals surface area (Å²) < 4.78 is 14.4. The number of nitrogens with zero attached hydrogens (tertiary/aromatic N) is 2. The van der Waals surface area contributed by atoms with Crippen molar-refractivity contribution in [3.05, 3.63) is 40.8 Å². The van der Waals surface area contributed by atoms with Crippen LogP contribution in [0.2, 0.25) is 0 Å². The van der Waals surface area contributed by atoms with Crippen molar-refractivity contribution in [1.82, 2.24) is 9.97 Å². The van der Waals surface area contributed by atoms with Gasteiger partial charge in [-0.15, -0.1) is 0 Å². The van der Waals surface area contributed by atoms with Gasteiger partial charge in [0.25, 0.3) is 0 Å². The fourth-order valence-electron chi connectivity index (χ4n) is 1.33. The summed E-state index contributed by atoms with van der Waals surface area (Å²) in [6.07, 6.45) is 1.59. The van der Waals surface area contributed by atoms with Crippen LogP contribution in [0.25, 0.3) is 11.3 Å². The van der Waals surface area contributed by atoms with E-state index in [0.29, 0.717) is 21.7 Å². The fraction of sp³-hybridized carbons (Fsp3) is 0.0909. The number of rotatable bonds is 2. The first kappa shape index (κ1) is 11.0. The van der Waals surface area contributed by atoms with Crippen LogP contribution in [0.15, 0.2) is 34.9 Å². The zero-order valence-electron chi connectivity index (χ0n) is 8.54. The summed E-state index contributed by atoms with van der Waals surface area (Å²) in [5.41, 5.74) is 1.02. The molecule has 1 N–H and O–H groups in total. The molecule has 2 aromatic rings. The van der Waals surface area contributed by atoms with Gasteiger partial charge in [0, 0.05) is 23.3 Å². The van der Waals surface area contributed by atoms with Gasteiger partial charge in [0.1, 0.15) is 5.82 Å². The number of benzene rings is 1. The molecular formula is C11H9BrFN3. The molecule has 5 heteroatoms. The van der Waals surface area contributed by atoms with Crippen molar-refractivity contribution in [3.63, 3.8) is 0 Å². The van der Waals surface area contributed by atoms with Crippen molar-refractivity contribution in [3.8, 4) is 11.3 Å². The quantitative estimate of drug-likeness (QED) is 0.919. The molecule has 1 heterocycles. The van der Waals surface area contributed by atoms with E-state index in [1.165, 1.54) is 6.07 Å². The molecular weight excluding hydrogens is 273 g/mol. The van der Waals surface area contributed by atoms with Crippen LogP contribution in [-0.2, 0) is 0 Å². The minimum Gasteiger partial charge on any atom is -0.357 e. The summed E-state index contributed by atoms with van der Waals surface area (Å²) in [5.74, 6) is 0.162. The van der Waals surface area contributed by atoms with Gasteiger partial charge < -0.3 is 5.32 Å². The summed E-state index contributed by atoms with van der Waals surface area (Å²) in [7, 11) is 1.72. The molecule has 0 atom stereocenters. The molecule has 0 radical (unpaired) electrons. The van der Waals surface area contributed by atoms with Gasteiger partial charge in [-0.3, -0.25) is 0 Å². The first-order chi connectivity index (χ1) is 7.70. The van der Waals surface area contributed by atoms with E-state index >= 15 is 0 Å². The third-order valence-electron chi connectivity index (χ3n) is 2.09. The third kappa shape index (κ3) is 2.19. The molecule has 0 aliphatic heterocycles. The molecule has 1 aromatic heterocycles. The number of hydrogen-bond donors (Lipinski definition) is 1. The summed E-state index contributed by atoms with van der Waals surface area (Å²) in [4.78, 5) is 8.15. The highest BCUT2D eigenvalue weighted by Crippen LogP contribution is 2.24. The molecule has 0 spiro atoms. The van der Waals surface area contributed by atoms with Crippen LogP contribution in [0.4, 0.5) is 10.3 Å². The molecule has 0 amide bonds. The van der Waals surface area contributed by atoms with Gasteiger partial charge in [0.2, 0.25) is 5.95 Å². The Morgan fingerprint density at radius 3 is 2.81 bits per heavy atom. The smallest absolute Gasteiger partial charge is 0.222 e. The maximum atomic E-state index is 13.7. The van der Waals surface area contributed by atoms with E-state index in [1.807, 2.05) is 0 Å². The zero-order chi connectivity index (χ0) is 11.5. The average Bonchev–Trinajstić information content (AvgIpc) is 2.29. The van der Waals surface area contributed by atoms with Crippen molar-refractivity contribution < 1.29 is 4.39 Å². The Balaban J connectivity index is 2.49. The maximum Gasteiger partial charge on any atom is 0.222 e. The minimum atomic E-state index is -0.310. The SMILES string of the molecule is CNc1nccc(-c2ccc(Br)cc2F)n1. The standard InChI is InChI=1S/C11H9BrFN3/c1-14-11-15-5-4-10(16-11)8-3-2-7(12)6-9(8)13/h2-6H,1H3,(H,14,15,16). The topological polar surface area (TPSA) is 37.8 Å². The zero-order valence-corrected chi connectivity index (χ0v) is 10.1. The molecule has 0 aliphatic rings. The Bertz CT molecular complexity index is 516. The van der Waals surface area contributed by atoms with Gasteiger partial charge >= 0.3 is 0 Å². The number of hydrogen-bond acceptors (Lipinski definition) is 3. The van der Waals surface area contributed by atoms with Crippen LogP contribution >= 0.6 is 15.9 Å². The summed E-state index contributed by atoms with van der Waals surface area (Å²) in [6.45, 7) is 0. The summed E-state index contributed by atoms with van der Waals surface area (Å²) in [6, 6.07) is 6.55. The third-order valence-corrected chi connectivity index (χ3v) is 2.58. The second-order valence-electron chi connectivity index (χ2n) is 3.14. The lowest BCUT2D eigenvalue weighted by molar-refractivity contribution is 0.630. The van der Waals surface area contributed by atoms with Gasteiger partial charge in [0.15, 0.2) is 0 Å². The van der Waals surface area contributed by atoms with Crippen molar-refractivity contribution in [1.29, 1.82) is 0 Å². The average molecular weight is 282 g/mol. The van der Waals surface area contributed by atoms with E-state index < -0.39 is 0 Å². The van der Waals surface area contributed by atoms with Crippen LogP contribution in [0.1, 0.15) is 0 Å². The fourth-order valence-corrected chi connectivity index (χ4v) is 1.66. The van der Waals surface area contributed by atoms with Crippen LogP contribution < -0.4 is 5.32 Å². The van der Waals surface area contributed by atoms with E-state index in [2.05, 4.69) is 31.2 Å². The minimum absolute atomic E-state index is 0.310. The van der Waals surface area contributed by atoms with Crippen molar-refractivity contribution in [2.24, 2.45) is 0 Å². The van der Waals surface area contributed by atoms with Crippen molar-refractivity contribution >= 4 is 21.9 Å². The van der Waals surface area contributed by atoms with Crippen LogP contribution in [0, 0.1) is 5.82 Å². The van der Waals surface area contributed by atoms with E-state index in [4.69, 9.17) is 0 Å². The predicted molar refractivity (Wildman–Crippen MR) is 64.7 cm³/mol.